The third-order valence-electron chi connectivity index (χ3n) is 4.72. The van der Waals surface area contributed by atoms with Crippen LogP contribution in [0.15, 0.2) is 16.8 Å². The van der Waals surface area contributed by atoms with Crippen molar-refractivity contribution in [1.82, 2.24) is 4.90 Å². The molecule has 1 aromatic rings. The van der Waals surface area contributed by atoms with Crippen molar-refractivity contribution in [3.05, 3.63) is 22.4 Å². The Morgan fingerprint density at radius 2 is 2.32 bits per heavy atom. The van der Waals surface area contributed by atoms with Crippen molar-refractivity contribution in [1.29, 1.82) is 0 Å². The standard InChI is InChI=1S/C15H24N2S2/c1-12-15(11-16,6-2-7-19-12)17(14-3-4-14)9-13-5-8-18-10-13/h5,8,10,12,14H,2-4,6-7,9,11,16H2,1H3. The Labute approximate surface area is 124 Å². The van der Waals surface area contributed by atoms with Gasteiger partial charge in [0.25, 0.3) is 0 Å². The summed E-state index contributed by atoms with van der Waals surface area (Å²) in [5.74, 6) is 1.31. The molecule has 2 aliphatic rings. The lowest BCUT2D eigenvalue weighted by Crippen LogP contribution is -2.61. The second-order valence-electron chi connectivity index (χ2n) is 5.91. The third kappa shape index (κ3) is 2.73. The Kier molecular flexibility index (Phi) is 4.22. The minimum atomic E-state index is 0.228. The van der Waals surface area contributed by atoms with Gasteiger partial charge in [-0.2, -0.15) is 23.1 Å². The normalized spacial score (nSPS) is 31.8. The van der Waals surface area contributed by atoms with Crippen molar-refractivity contribution in [3.8, 4) is 0 Å². The fraction of sp³-hybridized carbons (Fsp3) is 0.733. The van der Waals surface area contributed by atoms with E-state index in [1.807, 2.05) is 0 Å². The van der Waals surface area contributed by atoms with Crippen molar-refractivity contribution < 1.29 is 0 Å². The van der Waals surface area contributed by atoms with Crippen LogP contribution in [0.25, 0.3) is 0 Å². The van der Waals surface area contributed by atoms with Crippen LogP contribution in [0, 0.1) is 0 Å². The summed E-state index contributed by atoms with van der Waals surface area (Å²) in [5, 5.41) is 5.14. The van der Waals surface area contributed by atoms with E-state index in [-0.39, 0.29) is 5.54 Å². The van der Waals surface area contributed by atoms with Crippen LogP contribution < -0.4 is 5.73 Å². The zero-order valence-electron chi connectivity index (χ0n) is 11.7. The Morgan fingerprint density at radius 3 is 2.89 bits per heavy atom. The molecule has 2 unspecified atom stereocenters. The van der Waals surface area contributed by atoms with Crippen molar-refractivity contribution in [3.63, 3.8) is 0 Å². The summed E-state index contributed by atoms with van der Waals surface area (Å²) in [5.41, 5.74) is 7.97. The smallest absolute Gasteiger partial charge is 0.0454 e. The van der Waals surface area contributed by atoms with E-state index in [0.29, 0.717) is 5.25 Å². The largest absolute Gasteiger partial charge is 0.329 e. The van der Waals surface area contributed by atoms with Gasteiger partial charge < -0.3 is 5.73 Å². The summed E-state index contributed by atoms with van der Waals surface area (Å²) in [6.07, 6.45) is 5.32. The van der Waals surface area contributed by atoms with Gasteiger partial charge in [0, 0.05) is 29.9 Å². The quantitative estimate of drug-likeness (QED) is 0.904. The van der Waals surface area contributed by atoms with Gasteiger partial charge in [0.2, 0.25) is 0 Å². The molecule has 2 heterocycles. The van der Waals surface area contributed by atoms with E-state index in [2.05, 4.69) is 40.4 Å². The van der Waals surface area contributed by atoms with Gasteiger partial charge in [0.15, 0.2) is 0 Å². The van der Waals surface area contributed by atoms with Crippen molar-refractivity contribution in [2.75, 3.05) is 12.3 Å². The second-order valence-corrected chi connectivity index (χ2v) is 8.14. The average molecular weight is 297 g/mol. The van der Waals surface area contributed by atoms with Gasteiger partial charge in [-0.05, 0) is 53.8 Å². The topological polar surface area (TPSA) is 29.3 Å². The van der Waals surface area contributed by atoms with Crippen LogP contribution in [0.1, 0.15) is 38.2 Å². The molecule has 0 radical (unpaired) electrons. The SMILES string of the molecule is CC1SCCCC1(CN)N(Cc1ccsc1)C1CC1. The Morgan fingerprint density at radius 1 is 1.47 bits per heavy atom. The predicted octanol–water partition coefficient (Wildman–Crippen LogP) is 3.33. The molecular weight excluding hydrogens is 272 g/mol. The molecule has 2 atom stereocenters. The highest BCUT2D eigenvalue weighted by Crippen LogP contribution is 2.44. The molecule has 4 heteroatoms. The van der Waals surface area contributed by atoms with Crippen LogP contribution in [0.4, 0.5) is 0 Å². The van der Waals surface area contributed by atoms with Crippen molar-refractivity contribution >= 4 is 23.1 Å². The van der Waals surface area contributed by atoms with E-state index in [1.165, 1.54) is 37.0 Å². The van der Waals surface area contributed by atoms with Gasteiger partial charge in [-0.1, -0.05) is 6.92 Å². The maximum Gasteiger partial charge on any atom is 0.0454 e. The minimum Gasteiger partial charge on any atom is -0.329 e. The molecule has 1 saturated carbocycles. The Hall–Kier alpha value is -0.0300. The first kappa shape index (κ1) is 13.9. The van der Waals surface area contributed by atoms with Crippen LogP contribution in [0.2, 0.25) is 0 Å². The molecule has 2 fully saturated rings. The molecular formula is C15H24N2S2. The lowest BCUT2D eigenvalue weighted by atomic mass is 9.86. The summed E-state index contributed by atoms with van der Waals surface area (Å²) >= 11 is 3.92. The number of thiophene rings is 1. The monoisotopic (exact) mass is 296 g/mol. The summed E-state index contributed by atoms with van der Waals surface area (Å²) in [4.78, 5) is 2.76. The lowest BCUT2D eigenvalue weighted by molar-refractivity contribution is 0.0650. The van der Waals surface area contributed by atoms with Gasteiger partial charge in [-0.15, -0.1) is 0 Å². The number of nitrogens with zero attached hydrogens (tertiary/aromatic N) is 1. The molecule has 0 spiro atoms. The fourth-order valence-corrected chi connectivity index (χ4v) is 5.36. The predicted molar refractivity (Wildman–Crippen MR) is 85.8 cm³/mol. The zero-order valence-corrected chi connectivity index (χ0v) is 13.3. The maximum atomic E-state index is 6.27. The first-order valence-corrected chi connectivity index (χ1v) is 9.35. The van der Waals surface area contributed by atoms with Crippen LogP contribution in [0.3, 0.4) is 0 Å². The third-order valence-corrected chi connectivity index (χ3v) is 6.92. The van der Waals surface area contributed by atoms with Crippen LogP contribution in [0.5, 0.6) is 0 Å². The number of rotatable bonds is 5. The molecule has 0 bridgehead atoms. The second kappa shape index (κ2) is 5.76. The van der Waals surface area contributed by atoms with Gasteiger partial charge in [-0.25, -0.2) is 0 Å². The lowest BCUT2D eigenvalue weighted by Gasteiger charge is -2.50. The molecule has 3 rings (SSSR count). The molecule has 2 nitrogen and oxygen atoms in total. The van der Waals surface area contributed by atoms with E-state index >= 15 is 0 Å². The number of thioether (sulfide) groups is 1. The molecule has 0 amide bonds. The number of nitrogens with two attached hydrogens (primary N) is 1. The van der Waals surface area contributed by atoms with E-state index in [0.717, 1.165) is 19.1 Å². The van der Waals surface area contributed by atoms with Gasteiger partial charge in [0.1, 0.15) is 0 Å². The van der Waals surface area contributed by atoms with E-state index in [1.54, 1.807) is 11.3 Å². The molecule has 0 aromatic carbocycles. The summed E-state index contributed by atoms with van der Waals surface area (Å²) in [6, 6.07) is 3.05. The van der Waals surface area contributed by atoms with E-state index in [4.69, 9.17) is 5.73 Å². The fourth-order valence-electron chi connectivity index (χ4n) is 3.37. The molecule has 106 valence electrons. The molecule has 19 heavy (non-hydrogen) atoms. The molecule has 1 aliphatic heterocycles. The highest BCUT2D eigenvalue weighted by atomic mass is 32.2. The van der Waals surface area contributed by atoms with Crippen LogP contribution in [-0.4, -0.2) is 34.0 Å². The molecule has 1 saturated heterocycles. The molecule has 1 aliphatic carbocycles. The number of hydrogen-bond donors (Lipinski definition) is 1. The first-order chi connectivity index (χ1) is 9.26. The summed E-state index contributed by atoms with van der Waals surface area (Å²) in [7, 11) is 0. The van der Waals surface area contributed by atoms with Crippen LogP contribution >= 0.6 is 23.1 Å². The first-order valence-electron chi connectivity index (χ1n) is 7.36. The van der Waals surface area contributed by atoms with Crippen LogP contribution in [-0.2, 0) is 6.54 Å². The summed E-state index contributed by atoms with van der Waals surface area (Å²) < 4.78 is 0. The maximum absolute atomic E-state index is 6.27. The molecule has 1 aromatic heterocycles. The number of hydrogen-bond acceptors (Lipinski definition) is 4. The highest BCUT2D eigenvalue weighted by Gasteiger charge is 2.47. The Bertz CT molecular complexity index is 402. The van der Waals surface area contributed by atoms with E-state index in [9.17, 15) is 0 Å². The van der Waals surface area contributed by atoms with Crippen molar-refractivity contribution in [2.45, 2.75) is 56.0 Å². The molecule has 2 N–H and O–H groups in total. The van der Waals surface area contributed by atoms with E-state index < -0.39 is 0 Å². The van der Waals surface area contributed by atoms with Gasteiger partial charge in [0.05, 0.1) is 0 Å². The van der Waals surface area contributed by atoms with Gasteiger partial charge >= 0.3 is 0 Å². The summed E-state index contributed by atoms with van der Waals surface area (Å²) in [6.45, 7) is 4.29. The zero-order chi connectivity index (χ0) is 13.3. The average Bonchev–Trinajstić information content (AvgIpc) is 3.14. The minimum absolute atomic E-state index is 0.228. The van der Waals surface area contributed by atoms with Gasteiger partial charge in [-0.3, -0.25) is 4.90 Å². The highest BCUT2D eigenvalue weighted by molar-refractivity contribution is 8.00. The Balaban J connectivity index is 1.84. The van der Waals surface area contributed by atoms with Crippen molar-refractivity contribution in [2.24, 2.45) is 5.73 Å².